The quantitative estimate of drug-likeness (QED) is 0.680. The third-order valence-electron chi connectivity index (χ3n) is 2.70. The third-order valence-corrected chi connectivity index (χ3v) is 4.05. The van der Waals surface area contributed by atoms with Gasteiger partial charge in [-0.15, -0.1) is 0 Å². The molecule has 2 aromatic carbocycles. The van der Waals surface area contributed by atoms with E-state index in [4.69, 9.17) is 11.6 Å². The summed E-state index contributed by atoms with van der Waals surface area (Å²) in [7, 11) is 0. The van der Waals surface area contributed by atoms with Gasteiger partial charge >= 0.3 is 0 Å². The fourth-order valence-electron chi connectivity index (χ4n) is 1.82. The Morgan fingerprint density at radius 1 is 0.947 bits per heavy atom. The van der Waals surface area contributed by atoms with Gasteiger partial charge in [0.2, 0.25) is 0 Å². The van der Waals surface area contributed by atoms with Crippen LogP contribution in [0.4, 0.5) is 0 Å². The summed E-state index contributed by atoms with van der Waals surface area (Å²) in [5, 5.41) is 1.19. The fourth-order valence-corrected chi connectivity index (χ4v) is 2.96. The third kappa shape index (κ3) is 2.72. The number of rotatable bonds is 2. The highest BCUT2D eigenvalue weighted by Gasteiger charge is 2.08. The zero-order chi connectivity index (χ0) is 13.2. The number of aromatic nitrogens is 2. The van der Waals surface area contributed by atoms with Crippen molar-refractivity contribution in [3.8, 4) is 0 Å². The number of benzene rings is 2. The van der Waals surface area contributed by atoms with Crippen molar-refractivity contribution in [1.29, 1.82) is 0 Å². The first-order valence-corrected chi connectivity index (χ1v) is 7.08. The van der Waals surface area contributed by atoms with Gasteiger partial charge in [0.15, 0.2) is 5.15 Å². The molecule has 0 atom stereocenters. The van der Waals surface area contributed by atoms with E-state index in [1.165, 1.54) is 17.3 Å². The van der Waals surface area contributed by atoms with Gasteiger partial charge in [-0.1, -0.05) is 53.2 Å². The summed E-state index contributed by atoms with van der Waals surface area (Å²) in [6.45, 7) is 2.07. The Bertz CT molecular complexity index is 743. The number of fused-ring (bicyclic) bond motifs is 1. The molecule has 94 valence electrons. The lowest BCUT2D eigenvalue weighted by atomic mass is 10.2. The number of nitrogens with zero attached hydrogens (tertiary/aromatic N) is 2. The molecule has 0 radical (unpaired) electrons. The topological polar surface area (TPSA) is 25.8 Å². The average molecular weight is 287 g/mol. The van der Waals surface area contributed by atoms with Crippen LogP contribution in [0.5, 0.6) is 0 Å². The van der Waals surface area contributed by atoms with Crippen molar-refractivity contribution < 1.29 is 0 Å². The smallest absolute Gasteiger partial charge is 0.162 e. The Hall–Kier alpha value is -1.58. The van der Waals surface area contributed by atoms with Gasteiger partial charge in [-0.3, -0.25) is 0 Å². The van der Waals surface area contributed by atoms with Crippen LogP contribution in [-0.2, 0) is 0 Å². The molecule has 0 aliphatic rings. The van der Waals surface area contributed by atoms with Crippen molar-refractivity contribution in [3.05, 3.63) is 59.2 Å². The molecule has 0 fully saturated rings. The average Bonchev–Trinajstić information content (AvgIpc) is 2.40. The largest absolute Gasteiger partial charge is 0.236 e. The van der Waals surface area contributed by atoms with E-state index in [2.05, 4.69) is 29.0 Å². The first-order valence-electron chi connectivity index (χ1n) is 5.89. The molecule has 2 nitrogen and oxygen atoms in total. The Kier molecular flexibility index (Phi) is 3.40. The second-order valence-corrected chi connectivity index (χ2v) is 5.65. The SMILES string of the molecule is Cc1cccc(Sc2nc3ccccc3nc2Cl)c1. The molecule has 0 amide bonds. The van der Waals surface area contributed by atoms with Crippen LogP contribution in [0.25, 0.3) is 11.0 Å². The zero-order valence-corrected chi connectivity index (χ0v) is 11.9. The molecular weight excluding hydrogens is 276 g/mol. The normalized spacial score (nSPS) is 10.8. The van der Waals surface area contributed by atoms with Crippen molar-refractivity contribution in [1.82, 2.24) is 9.97 Å². The molecule has 0 unspecified atom stereocenters. The number of para-hydroxylation sites is 2. The van der Waals surface area contributed by atoms with Gasteiger partial charge in [-0.25, -0.2) is 9.97 Å². The van der Waals surface area contributed by atoms with Crippen LogP contribution >= 0.6 is 23.4 Å². The maximum absolute atomic E-state index is 6.20. The molecule has 4 heteroatoms. The Morgan fingerprint density at radius 2 is 1.68 bits per heavy atom. The van der Waals surface area contributed by atoms with E-state index in [9.17, 15) is 0 Å². The highest BCUT2D eigenvalue weighted by Crippen LogP contribution is 2.32. The summed E-state index contributed by atoms with van der Waals surface area (Å²) in [5.41, 5.74) is 2.90. The van der Waals surface area contributed by atoms with E-state index in [0.717, 1.165) is 21.0 Å². The molecule has 1 heterocycles. The molecular formula is C15H11ClN2S. The summed E-state index contributed by atoms with van der Waals surface area (Å²) in [5.74, 6) is 0. The molecule has 0 aliphatic carbocycles. The van der Waals surface area contributed by atoms with Crippen LogP contribution in [0.1, 0.15) is 5.56 Å². The van der Waals surface area contributed by atoms with Crippen LogP contribution in [0.2, 0.25) is 5.15 Å². The molecule has 1 aromatic heterocycles. The van der Waals surface area contributed by atoms with Crippen molar-refractivity contribution in [2.45, 2.75) is 16.8 Å². The number of hydrogen-bond donors (Lipinski definition) is 0. The lowest BCUT2D eigenvalue weighted by Gasteiger charge is -2.05. The molecule has 0 bridgehead atoms. The highest BCUT2D eigenvalue weighted by atomic mass is 35.5. The molecule has 3 aromatic rings. The van der Waals surface area contributed by atoms with Gasteiger partial charge in [0, 0.05) is 4.90 Å². The van der Waals surface area contributed by atoms with Gasteiger partial charge in [-0.05, 0) is 31.2 Å². The maximum Gasteiger partial charge on any atom is 0.162 e. The van der Waals surface area contributed by atoms with Crippen LogP contribution < -0.4 is 0 Å². The second-order valence-electron chi connectivity index (χ2n) is 4.23. The standard InChI is InChI=1S/C15H11ClN2S/c1-10-5-4-6-11(9-10)19-15-14(16)17-12-7-2-3-8-13(12)18-15/h2-9H,1H3. The molecule has 0 aliphatic heterocycles. The molecule has 0 N–H and O–H groups in total. The van der Waals surface area contributed by atoms with Crippen LogP contribution in [0.15, 0.2) is 58.5 Å². The van der Waals surface area contributed by atoms with E-state index >= 15 is 0 Å². The minimum absolute atomic E-state index is 0.449. The first-order chi connectivity index (χ1) is 9.22. The van der Waals surface area contributed by atoms with E-state index in [0.29, 0.717) is 5.15 Å². The summed E-state index contributed by atoms with van der Waals surface area (Å²) >= 11 is 7.74. The van der Waals surface area contributed by atoms with Gasteiger partial charge < -0.3 is 0 Å². The van der Waals surface area contributed by atoms with Crippen molar-refractivity contribution in [3.63, 3.8) is 0 Å². The molecule has 0 saturated carbocycles. The Labute approximate surface area is 120 Å². The molecule has 19 heavy (non-hydrogen) atoms. The van der Waals surface area contributed by atoms with Gasteiger partial charge in [0.05, 0.1) is 11.0 Å². The number of aryl methyl sites for hydroxylation is 1. The van der Waals surface area contributed by atoms with Crippen LogP contribution in [0.3, 0.4) is 0 Å². The lowest BCUT2D eigenvalue weighted by molar-refractivity contribution is 1.12. The summed E-state index contributed by atoms with van der Waals surface area (Å²) in [4.78, 5) is 10.1. The Morgan fingerprint density at radius 3 is 2.42 bits per heavy atom. The fraction of sp³-hybridized carbons (Fsp3) is 0.0667. The van der Waals surface area contributed by atoms with Gasteiger partial charge in [0.1, 0.15) is 5.03 Å². The van der Waals surface area contributed by atoms with Crippen molar-refractivity contribution in [2.24, 2.45) is 0 Å². The van der Waals surface area contributed by atoms with Crippen LogP contribution in [-0.4, -0.2) is 9.97 Å². The molecule has 3 rings (SSSR count). The lowest BCUT2D eigenvalue weighted by Crippen LogP contribution is -1.89. The highest BCUT2D eigenvalue weighted by molar-refractivity contribution is 7.99. The predicted molar refractivity (Wildman–Crippen MR) is 79.9 cm³/mol. The van der Waals surface area contributed by atoms with E-state index < -0.39 is 0 Å². The molecule has 0 spiro atoms. The number of hydrogen-bond acceptors (Lipinski definition) is 3. The Balaban J connectivity index is 2.03. The monoisotopic (exact) mass is 286 g/mol. The minimum Gasteiger partial charge on any atom is -0.236 e. The summed E-state index contributed by atoms with van der Waals surface area (Å²) in [6.07, 6.45) is 0. The van der Waals surface area contributed by atoms with Crippen molar-refractivity contribution >= 4 is 34.4 Å². The first kappa shape index (κ1) is 12.5. The van der Waals surface area contributed by atoms with Gasteiger partial charge in [-0.2, -0.15) is 0 Å². The van der Waals surface area contributed by atoms with E-state index in [1.807, 2.05) is 36.4 Å². The van der Waals surface area contributed by atoms with Gasteiger partial charge in [0.25, 0.3) is 0 Å². The number of halogens is 1. The summed E-state index contributed by atoms with van der Waals surface area (Å²) < 4.78 is 0. The zero-order valence-electron chi connectivity index (χ0n) is 10.3. The maximum atomic E-state index is 6.20. The summed E-state index contributed by atoms with van der Waals surface area (Å²) in [6, 6.07) is 16.0. The van der Waals surface area contributed by atoms with E-state index in [1.54, 1.807) is 0 Å². The minimum atomic E-state index is 0.449. The van der Waals surface area contributed by atoms with E-state index in [-0.39, 0.29) is 0 Å². The predicted octanol–water partition coefficient (Wildman–Crippen LogP) is 4.74. The van der Waals surface area contributed by atoms with Crippen LogP contribution in [0, 0.1) is 6.92 Å². The second kappa shape index (κ2) is 5.19. The van der Waals surface area contributed by atoms with Crippen molar-refractivity contribution in [2.75, 3.05) is 0 Å². The molecule has 0 saturated heterocycles.